The monoisotopic (exact) mass is 756 g/mol. The molecular weight excluding hydrogens is 730 g/mol. The number of carbonyl (C=O) groups is 1. The van der Waals surface area contributed by atoms with E-state index in [1.807, 2.05) is 0 Å². The van der Waals surface area contributed by atoms with E-state index in [2.05, 4.69) is 0 Å². The standard InChI is InChI=1S/C34H27Cl2F4O9P/c35-27-24(37)13-11-22(29(27)39)18-44-32-31(48-34(42)33(32)45-19-23-12-14-25(38)28(36)30(23)40)26(15-41)49-50(43,46-16-20-7-3-1-4-8-20)47-17-21-9-5-2-6-10-21/h1-14,26,31,41H,15-19H2. The molecule has 1 aliphatic rings. The first-order valence-electron chi connectivity index (χ1n) is 14.7. The maximum absolute atomic E-state index is 14.8. The Morgan fingerprint density at radius 1 is 0.720 bits per heavy atom. The van der Waals surface area contributed by atoms with E-state index in [1.165, 1.54) is 0 Å². The molecule has 4 aromatic rings. The molecule has 0 aromatic heterocycles. The van der Waals surface area contributed by atoms with Crippen LogP contribution in [0, 0.1) is 23.3 Å². The van der Waals surface area contributed by atoms with Gasteiger partial charge >= 0.3 is 13.8 Å². The molecule has 0 spiro atoms. The molecule has 50 heavy (non-hydrogen) atoms. The number of esters is 1. The summed E-state index contributed by atoms with van der Waals surface area (Å²) >= 11 is 11.4. The first kappa shape index (κ1) is 37.3. The molecule has 0 fully saturated rings. The number of hydrogen-bond acceptors (Lipinski definition) is 9. The van der Waals surface area contributed by atoms with Gasteiger partial charge in [0.1, 0.15) is 41.0 Å². The van der Waals surface area contributed by atoms with Crippen LogP contribution in [0.25, 0.3) is 0 Å². The summed E-state index contributed by atoms with van der Waals surface area (Å²) in [4.78, 5) is 13.1. The van der Waals surface area contributed by atoms with Gasteiger partial charge in [0, 0.05) is 11.1 Å². The van der Waals surface area contributed by atoms with Crippen LogP contribution >= 0.6 is 31.0 Å². The number of halogens is 6. The molecule has 9 nitrogen and oxygen atoms in total. The highest BCUT2D eigenvalue weighted by molar-refractivity contribution is 7.48. The first-order valence-corrected chi connectivity index (χ1v) is 16.9. The highest BCUT2D eigenvalue weighted by atomic mass is 35.5. The lowest BCUT2D eigenvalue weighted by Gasteiger charge is -2.27. The van der Waals surface area contributed by atoms with Gasteiger partial charge in [-0.25, -0.2) is 26.9 Å². The second kappa shape index (κ2) is 16.8. The maximum Gasteiger partial charge on any atom is 0.475 e. The van der Waals surface area contributed by atoms with E-state index in [0.717, 1.165) is 24.3 Å². The lowest BCUT2D eigenvalue weighted by Crippen LogP contribution is -2.35. The van der Waals surface area contributed by atoms with E-state index in [4.69, 9.17) is 51.0 Å². The first-order chi connectivity index (χ1) is 24.0. The number of ether oxygens (including phenoxy) is 3. The number of phosphoric ester groups is 1. The van der Waals surface area contributed by atoms with Crippen LogP contribution in [-0.4, -0.2) is 29.9 Å². The van der Waals surface area contributed by atoms with E-state index in [0.29, 0.717) is 11.1 Å². The van der Waals surface area contributed by atoms with Crippen LogP contribution < -0.4 is 0 Å². The van der Waals surface area contributed by atoms with Crippen LogP contribution in [0.4, 0.5) is 17.6 Å². The number of benzene rings is 4. The van der Waals surface area contributed by atoms with Crippen molar-refractivity contribution < 1.29 is 59.8 Å². The van der Waals surface area contributed by atoms with E-state index in [1.54, 1.807) is 60.7 Å². The molecule has 0 saturated carbocycles. The molecule has 1 aliphatic heterocycles. The molecular formula is C34H27Cl2F4O9P. The summed E-state index contributed by atoms with van der Waals surface area (Å²) in [6.45, 7) is -2.86. The third-order valence-corrected chi connectivity index (χ3v) is 9.25. The Morgan fingerprint density at radius 3 is 1.68 bits per heavy atom. The lowest BCUT2D eigenvalue weighted by molar-refractivity contribution is -0.148. The van der Waals surface area contributed by atoms with Crippen molar-refractivity contribution in [3.05, 3.63) is 152 Å². The molecule has 0 amide bonds. The van der Waals surface area contributed by atoms with E-state index in [9.17, 15) is 32.0 Å². The zero-order valence-electron chi connectivity index (χ0n) is 25.7. The Labute approximate surface area is 293 Å². The van der Waals surface area contributed by atoms with Crippen molar-refractivity contribution in [1.82, 2.24) is 0 Å². The summed E-state index contributed by atoms with van der Waals surface area (Å²) in [7, 11) is -4.61. The van der Waals surface area contributed by atoms with Crippen molar-refractivity contribution in [1.29, 1.82) is 0 Å². The number of phosphoric acid groups is 1. The Hall–Kier alpha value is -3.94. The quantitative estimate of drug-likeness (QED) is 0.0522. The largest absolute Gasteiger partial charge is 0.485 e. The highest BCUT2D eigenvalue weighted by Gasteiger charge is 2.46. The number of aliphatic hydroxyl groups is 1. The van der Waals surface area contributed by atoms with Crippen molar-refractivity contribution in [3.8, 4) is 0 Å². The Kier molecular flexibility index (Phi) is 12.6. The van der Waals surface area contributed by atoms with Crippen molar-refractivity contribution in [3.63, 3.8) is 0 Å². The number of hydrogen-bond donors (Lipinski definition) is 1. The third kappa shape index (κ3) is 9.04. The summed E-state index contributed by atoms with van der Waals surface area (Å²) in [6.07, 6.45) is -3.44. The van der Waals surface area contributed by atoms with Crippen molar-refractivity contribution in [2.75, 3.05) is 6.61 Å². The zero-order chi connectivity index (χ0) is 35.8. The molecule has 2 unspecified atom stereocenters. The smallest absolute Gasteiger partial charge is 0.475 e. The van der Waals surface area contributed by atoms with Gasteiger partial charge in [-0.15, -0.1) is 0 Å². The predicted molar refractivity (Wildman–Crippen MR) is 171 cm³/mol. The van der Waals surface area contributed by atoms with Gasteiger partial charge in [-0.1, -0.05) is 83.9 Å². The summed E-state index contributed by atoms with van der Waals surface area (Å²) in [5, 5.41) is 8.78. The van der Waals surface area contributed by atoms with Gasteiger partial charge in [0.25, 0.3) is 0 Å². The van der Waals surface area contributed by atoms with Gasteiger partial charge in [-0.05, 0) is 35.4 Å². The van der Waals surface area contributed by atoms with Crippen LogP contribution in [0.5, 0.6) is 0 Å². The molecule has 264 valence electrons. The number of aliphatic hydroxyl groups excluding tert-OH is 1. The normalized spacial score (nSPS) is 15.3. The van der Waals surface area contributed by atoms with Crippen LogP contribution in [0.2, 0.25) is 10.0 Å². The number of cyclic esters (lactones) is 1. The van der Waals surface area contributed by atoms with Gasteiger partial charge < -0.3 is 19.3 Å². The molecule has 1 heterocycles. The van der Waals surface area contributed by atoms with E-state index < -0.39 is 90.7 Å². The van der Waals surface area contributed by atoms with Gasteiger partial charge in [0.05, 0.1) is 19.8 Å². The predicted octanol–water partition coefficient (Wildman–Crippen LogP) is 8.34. The Balaban J connectivity index is 1.45. The van der Waals surface area contributed by atoms with Gasteiger partial charge in [0.15, 0.2) is 23.5 Å². The molecule has 5 rings (SSSR count). The second-order valence-electron chi connectivity index (χ2n) is 10.6. The summed E-state index contributed by atoms with van der Waals surface area (Å²) in [5.74, 6) is -6.80. The van der Waals surface area contributed by atoms with Crippen LogP contribution in [0.15, 0.2) is 96.4 Å². The fraction of sp³-hybridized carbons (Fsp3) is 0.206. The van der Waals surface area contributed by atoms with Crippen molar-refractivity contribution >= 4 is 37.0 Å². The van der Waals surface area contributed by atoms with Gasteiger partial charge in [-0.3, -0.25) is 13.6 Å². The summed E-state index contributed by atoms with van der Waals surface area (Å²) < 4.78 is 105. The molecule has 16 heteroatoms. The molecule has 0 bridgehead atoms. The topological polar surface area (TPSA) is 110 Å². The maximum atomic E-state index is 14.8. The molecule has 0 saturated heterocycles. The average molecular weight is 757 g/mol. The lowest BCUT2D eigenvalue weighted by atomic mass is 10.1. The van der Waals surface area contributed by atoms with E-state index in [-0.39, 0.29) is 24.3 Å². The molecule has 2 atom stereocenters. The summed E-state index contributed by atoms with van der Waals surface area (Å²) in [5.41, 5.74) is 0.668. The van der Waals surface area contributed by atoms with E-state index >= 15 is 0 Å². The van der Waals surface area contributed by atoms with Gasteiger partial charge in [0.2, 0.25) is 5.76 Å². The molecule has 0 aliphatic carbocycles. The minimum absolute atomic E-state index is 0.251. The van der Waals surface area contributed by atoms with Crippen molar-refractivity contribution in [2.24, 2.45) is 0 Å². The molecule has 4 aromatic carbocycles. The van der Waals surface area contributed by atoms with Crippen molar-refractivity contribution in [2.45, 2.75) is 38.6 Å². The van der Waals surface area contributed by atoms with Crippen LogP contribution in [0.3, 0.4) is 0 Å². The van der Waals surface area contributed by atoms with Crippen LogP contribution in [-0.2, 0) is 63.6 Å². The fourth-order valence-electron chi connectivity index (χ4n) is 4.54. The van der Waals surface area contributed by atoms with Crippen LogP contribution in [0.1, 0.15) is 22.3 Å². The Morgan fingerprint density at radius 2 is 1.20 bits per heavy atom. The Bertz CT molecular complexity index is 1850. The minimum Gasteiger partial charge on any atom is -0.485 e. The number of rotatable bonds is 16. The SMILES string of the molecule is O=C1OC(C(CO)OP(=O)(OCc2ccccc2)OCc2ccccc2)C(OCc2ccc(F)c(Cl)c2F)=C1OCc1ccc(F)c(Cl)c1F. The minimum atomic E-state index is -4.61. The molecule has 1 N–H and O–H groups in total. The fourth-order valence-corrected chi connectivity index (χ4v) is 6.23. The molecule has 0 radical (unpaired) electrons. The zero-order valence-corrected chi connectivity index (χ0v) is 28.1. The average Bonchev–Trinajstić information content (AvgIpc) is 3.44. The van der Waals surface area contributed by atoms with Gasteiger partial charge in [-0.2, -0.15) is 0 Å². The second-order valence-corrected chi connectivity index (χ2v) is 12.9. The summed E-state index contributed by atoms with van der Waals surface area (Å²) in [6, 6.07) is 21.0. The highest BCUT2D eigenvalue weighted by Crippen LogP contribution is 2.53. The third-order valence-electron chi connectivity index (χ3n) is 7.13. The number of carbonyl (C=O) groups excluding carboxylic acids is 1.